The van der Waals surface area contributed by atoms with E-state index in [0.717, 1.165) is 4.47 Å². The van der Waals surface area contributed by atoms with E-state index in [-0.39, 0.29) is 35.3 Å². The maximum absolute atomic E-state index is 12.8. The molecule has 0 bridgehead atoms. The molecule has 0 atom stereocenters. The second-order valence-electron chi connectivity index (χ2n) is 6.61. The molecule has 1 heterocycles. The summed E-state index contributed by atoms with van der Waals surface area (Å²) in [4.78, 5) is 24.0. The number of hydrogen-bond acceptors (Lipinski definition) is 7. The van der Waals surface area contributed by atoms with Crippen LogP contribution in [0.4, 0.5) is 5.69 Å². The van der Waals surface area contributed by atoms with Crippen molar-refractivity contribution < 1.29 is 32.2 Å². The minimum Gasteiger partial charge on any atom is -0.482 e. The minimum absolute atomic E-state index is 0.0148. The molecule has 0 aliphatic carbocycles. The smallest absolute Gasteiger partial charge is 0.344 e. The van der Waals surface area contributed by atoms with Crippen molar-refractivity contribution in [2.45, 2.75) is 4.90 Å². The van der Waals surface area contributed by atoms with E-state index in [2.05, 4.69) is 21.2 Å². The van der Waals surface area contributed by atoms with E-state index in [9.17, 15) is 18.0 Å². The van der Waals surface area contributed by atoms with Crippen molar-refractivity contribution in [3.8, 4) is 5.75 Å². The summed E-state index contributed by atoms with van der Waals surface area (Å²) in [5, 5.41) is 2.60. The number of hydrogen-bond donors (Lipinski definition) is 1. The molecule has 3 rings (SSSR count). The zero-order valence-electron chi connectivity index (χ0n) is 16.8. The number of halogens is 2. The quantitative estimate of drug-likeness (QED) is 0.506. The van der Waals surface area contributed by atoms with E-state index in [1.165, 1.54) is 22.5 Å². The zero-order chi connectivity index (χ0) is 23.1. The van der Waals surface area contributed by atoms with Gasteiger partial charge in [-0.1, -0.05) is 27.5 Å². The summed E-state index contributed by atoms with van der Waals surface area (Å²) in [5.74, 6) is -0.942. The van der Waals surface area contributed by atoms with Gasteiger partial charge in [0, 0.05) is 17.6 Å². The molecule has 0 spiro atoms. The third-order valence-electron chi connectivity index (χ3n) is 4.35. The van der Waals surface area contributed by atoms with Gasteiger partial charge in [0.05, 0.1) is 28.8 Å². The van der Waals surface area contributed by atoms with Crippen LogP contribution in [0.5, 0.6) is 5.75 Å². The van der Waals surface area contributed by atoms with Crippen LogP contribution in [0.2, 0.25) is 5.02 Å². The average molecular weight is 548 g/mol. The summed E-state index contributed by atoms with van der Waals surface area (Å²) in [5.41, 5.74) is 0.0909. The van der Waals surface area contributed by atoms with Gasteiger partial charge in [-0.25, -0.2) is 13.2 Å². The molecule has 1 aliphatic rings. The number of nitrogens with zero attached hydrogens (tertiary/aromatic N) is 1. The molecule has 0 unspecified atom stereocenters. The topological polar surface area (TPSA) is 111 Å². The Morgan fingerprint density at radius 2 is 1.78 bits per heavy atom. The molecule has 1 aliphatic heterocycles. The maximum atomic E-state index is 12.8. The zero-order valence-corrected chi connectivity index (χ0v) is 19.9. The molecule has 0 aromatic heterocycles. The van der Waals surface area contributed by atoms with Crippen LogP contribution in [0.3, 0.4) is 0 Å². The molecule has 1 fully saturated rings. The molecule has 12 heteroatoms. The Morgan fingerprint density at radius 1 is 1.09 bits per heavy atom. The van der Waals surface area contributed by atoms with Crippen LogP contribution < -0.4 is 10.1 Å². The largest absolute Gasteiger partial charge is 0.482 e. The Kier molecular flexibility index (Phi) is 8.49. The van der Waals surface area contributed by atoms with Crippen LogP contribution in [0.1, 0.15) is 0 Å². The number of esters is 1. The van der Waals surface area contributed by atoms with Gasteiger partial charge in [-0.05, 0) is 42.5 Å². The predicted molar refractivity (Wildman–Crippen MR) is 120 cm³/mol. The lowest BCUT2D eigenvalue weighted by Crippen LogP contribution is -2.40. The Labute approximate surface area is 198 Å². The first-order valence-electron chi connectivity index (χ1n) is 9.47. The van der Waals surface area contributed by atoms with E-state index in [4.69, 9.17) is 25.8 Å². The highest BCUT2D eigenvalue weighted by atomic mass is 79.9. The lowest BCUT2D eigenvalue weighted by molar-refractivity contribution is -0.149. The van der Waals surface area contributed by atoms with Crippen LogP contribution in [-0.4, -0.2) is 64.1 Å². The standard InChI is InChI=1S/C20H20BrClN2O7S/c21-14-1-3-15(4-2-14)30-13-20(26)31-12-19(25)23-18-11-16(5-6-17(18)22)32(27,28)24-7-9-29-10-8-24/h1-6,11H,7-10,12-13H2,(H,23,25). The highest BCUT2D eigenvalue weighted by Crippen LogP contribution is 2.27. The van der Waals surface area contributed by atoms with E-state index in [0.29, 0.717) is 19.0 Å². The Morgan fingerprint density at radius 3 is 2.47 bits per heavy atom. The number of carbonyl (C=O) groups excluding carboxylic acids is 2. The summed E-state index contributed by atoms with van der Waals surface area (Å²) < 4.78 is 43.1. The van der Waals surface area contributed by atoms with Crippen molar-refractivity contribution in [1.82, 2.24) is 4.31 Å². The van der Waals surface area contributed by atoms with Gasteiger partial charge in [-0.2, -0.15) is 4.31 Å². The second-order valence-corrected chi connectivity index (χ2v) is 9.87. The second kappa shape index (κ2) is 11.1. The van der Waals surface area contributed by atoms with Gasteiger partial charge in [0.25, 0.3) is 5.91 Å². The third kappa shape index (κ3) is 6.66. The number of morpholine rings is 1. The molecule has 172 valence electrons. The van der Waals surface area contributed by atoms with Gasteiger partial charge >= 0.3 is 5.97 Å². The first kappa shape index (κ1) is 24.5. The number of benzene rings is 2. The van der Waals surface area contributed by atoms with Gasteiger partial charge in [0.1, 0.15) is 5.75 Å². The number of anilines is 1. The number of sulfonamides is 1. The first-order valence-corrected chi connectivity index (χ1v) is 12.1. The Hall–Kier alpha value is -2.18. The van der Waals surface area contributed by atoms with Gasteiger partial charge < -0.3 is 19.5 Å². The monoisotopic (exact) mass is 546 g/mol. The van der Waals surface area contributed by atoms with E-state index < -0.39 is 28.5 Å². The lowest BCUT2D eigenvalue weighted by atomic mass is 10.3. The molecule has 32 heavy (non-hydrogen) atoms. The highest BCUT2D eigenvalue weighted by Gasteiger charge is 2.27. The average Bonchev–Trinajstić information content (AvgIpc) is 2.79. The van der Waals surface area contributed by atoms with Crippen LogP contribution >= 0.6 is 27.5 Å². The number of rotatable bonds is 8. The van der Waals surface area contributed by atoms with Crippen molar-refractivity contribution in [1.29, 1.82) is 0 Å². The van der Waals surface area contributed by atoms with E-state index in [1.54, 1.807) is 24.3 Å². The van der Waals surface area contributed by atoms with Gasteiger partial charge in [0.2, 0.25) is 10.0 Å². The van der Waals surface area contributed by atoms with Gasteiger partial charge in [0.15, 0.2) is 13.2 Å². The Balaban J connectivity index is 1.54. The summed E-state index contributed by atoms with van der Waals surface area (Å²) in [6.07, 6.45) is 0. The molecule has 1 saturated heterocycles. The first-order chi connectivity index (χ1) is 15.3. The van der Waals surface area contributed by atoms with Crippen LogP contribution in [0.25, 0.3) is 0 Å². The molecular weight excluding hydrogens is 528 g/mol. The van der Waals surface area contributed by atoms with Crippen molar-refractivity contribution in [3.05, 3.63) is 52.0 Å². The molecule has 2 aromatic carbocycles. The van der Waals surface area contributed by atoms with Crippen molar-refractivity contribution >= 4 is 55.1 Å². The number of carbonyl (C=O) groups is 2. The summed E-state index contributed by atoms with van der Waals surface area (Å²) in [6.45, 7) is 0.152. The van der Waals surface area contributed by atoms with Crippen molar-refractivity contribution in [3.63, 3.8) is 0 Å². The number of ether oxygens (including phenoxy) is 3. The minimum atomic E-state index is -3.76. The van der Waals surface area contributed by atoms with Gasteiger partial charge in [-0.3, -0.25) is 4.79 Å². The summed E-state index contributed by atoms with van der Waals surface area (Å²) in [6, 6.07) is 10.9. The molecule has 0 radical (unpaired) electrons. The number of nitrogens with one attached hydrogen (secondary N) is 1. The molecule has 9 nitrogen and oxygen atoms in total. The lowest BCUT2D eigenvalue weighted by Gasteiger charge is -2.26. The van der Waals surface area contributed by atoms with Crippen molar-refractivity contribution in [2.75, 3.05) is 44.8 Å². The maximum Gasteiger partial charge on any atom is 0.344 e. The summed E-state index contributed by atoms with van der Waals surface area (Å²) in [7, 11) is -3.76. The van der Waals surface area contributed by atoms with E-state index in [1.807, 2.05) is 0 Å². The fourth-order valence-electron chi connectivity index (χ4n) is 2.74. The molecule has 2 aromatic rings. The van der Waals surface area contributed by atoms with Crippen molar-refractivity contribution in [2.24, 2.45) is 0 Å². The van der Waals surface area contributed by atoms with Crippen LogP contribution in [0.15, 0.2) is 51.8 Å². The molecular formula is C20H20BrClN2O7S. The van der Waals surface area contributed by atoms with E-state index >= 15 is 0 Å². The molecule has 0 saturated carbocycles. The molecule has 1 amide bonds. The summed E-state index contributed by atoms with van der Waals surface area (Å²) >= 11 is 9.39. The SMILES string of the molecule is O=C(COC(=O)COc1ccc(Br)cc1)Nc1cc(S(=O)(=O)N2CCOCC2)ccc1Cl. The fraction of sp³-hybridized carbons (Fsp3) is 0.300. The normalized spacial score (nSPS) is 14.6. The third-order valence-corrected chi connectivity index (χ3v) is 7.11. The Bertz CT molecular complexity index is 1070. The number of amides is 1. The van der Waals surface area contributed by atoms with Crippen LogP contribution in [-0.2, 0) is 29.1 Å². The molecule has 1 N–H and O–H groups in total. The highest BCUT2D eigenvalue weighted by molar-refractivity contribution is 9.10. The van der Waals surface area contributed by atoms with Crippen LogP contribution in [0, 0.1) is 0 Å². The fourth-order valence-corrected chi connectivity index (χ4v) is 4.61. The predicted octanol–water partition coefficient (Wildman–Crippen LogP) is 2.68. The van der Waals surface area contributed by atoms with Gasteiger partial charge in [-0.15, -0.1) is 0 Å².